The van der Waals surface area contributed by atoms with E-state index in [1.165, 1.54) is 0 Å². The fourth-order valence-electron chi connectivity index (χ4n) is 0.878. The van der Waals surface area contributed by atoms with Crippen LogP contribution in [0.5, 0.6) is 0 Å². The molecule has 0 rings (SSSR count). The van der Waals surface area contributed by atoms with Crippen molar-refractivity contribution in [2.24, 2.45) is 5.41 Å². The summed E-state index contributed by atoms with van der Waals surface area (Å²) >= 11 is 0. The average Bonchev–Trinajstić information content (AvgIpc) is 1.79. The molecule has 11 heavy (non-hydrogen) atoms. The molecular formula is C9H20NP. The van der Waals surface area contributed by atoms with E-state index >= 15 is 0 Å². The Labute approximate surface area is 72.1 Å². The first-order valence-electron chi connectivity index (χ1n) is 3.94. The molecule has 0 aliphatic rings. The van der Waals surface area contributed by atoms with Gasteiger partial charge in [0.2, 0.25) is 0 Å². The fourth-order valence-corrected chi connectivity index (χ4v) is 1.93. The largest absolute Gasteiger partial charge is 0.289 e. The smallest absolute Gasteiger partial charge is 0.0332 e. The van der Waals surface area contributed by atoms with Crippen LogP contribution in [0.25, 0.3) is 0 Å². The van der Waals surface area contributed by atoms with Gasteiger partial charge in [0, 0.05) is 6.04 Å². The Morgan fingerprint density at radius 2 is 1.82 bits per heavy atom. The molecule has 1 atom stereocenters. The molecule has 0 bridgehead atoms. The summed E-state index contributed by atoms with van der Waals surface area (Å²) in [7, 11) is -0.0312. The first-order chi connectivity index (χ1) is 4.88. The van der Waals surface area contributed by atoms with E-state index in [-0.39, 0.29) is 13.5 Å². The minimum Gasteiger partial charge on any atom is -0.289 e. The van der Waals surface area contributed by atoms with Crippen LogP contribution in [0.2, 0.25) is 0 Å². The maximum absolute atomic E-state index is 3.83. The fraction of sp³-hybridized carbons (Fsp3) is 0.778. The van der Waals surface area contributed by atoms with Gasteiger partial charge in [-0.1, -0.05) is 26.8 Å². The molecule has 1 nitrogen and oxygen atoms in total. The zero-order valence-electron chi connectivity index (χ0n) is 8.31. The monoisotopic (exact) mass is 173 g/mol. The lowest BCUT2D eigenvalue weighted by atomic mass is 9.88. The lowest BCUT2D eigenvalue weighted by Gasteiger charge is -2.30. The van der Waals surface area contributed by atoms with Crippen molar-refractivity contribution >= 4 is 8.07 Å². The van der Waals surface area contributed by atoms with Gasteiger partial charge in [0.1, 0.15) is 0 Å². The highest BCUT2D eigenvalue weighted by Gasteiger charge is 2.21. The molecule has 0 aromatic rings. The molecular weight excluding hydrogens is 153 g/mol. The van der Waals surface area contributed by atoms with Crippen molar-refractivity contribution in [1.82, 2.24) is 5.09 Å². The minimum atomic E-state index is -0.0312. The van der Waals surface area contributed by atoms with Crippen molar-refractivity contribution in [1.29, 1.82) is 0 Å². The summed E-state index contributed by atoms with van der Waals surface area (Å²) in [4.78, 5) is 0. The summed E-state index contributed by atoms with van der Waals surface area (Å²) in [5.41, 5.74) is 0.286. The second-order valence-electron chi connectivity index (χ2n) is 4.10. The number of hydrogen-bond acceptors (Lipinski definition) is 1. The third-order valence-corrected chi connectivity index (χ3v) is 2.36. The van der Waals surface area contributed by atoms with Crippen LogP contribution in [-0.2, 0) is 0 Å². The van der Waals surface area contributed by atoms with E-state index in [1.807, 2.05) is 6.08 Å². The molecule has 0 saturated heterocycles. The summed E-state index contributed by atoms with van der Waals surface area (Å²) in [6.07, 6.45) is 2.00. The van der Waals surface area contributed by atoms with Gasteiger partial charge in [-0.3, -0.25) is 5.09 Å². The number of hydrogen-bond donors (Lipinski definition) is 1. The van der Waals surface area contributed by atoms with Gasteiger partial charge in [-0.05, 0) is 26.8 Å². The Morgan fingerprint density at radius 1 is 1.36 bits per heavy atom. The maximum Gasteiger partial charge on any atom is 0.0332 e. The van der Waals surface area contributed by atoms with Crippen LogP contribution in [-0.4, -0.2) is 19.4 Å². The zero-order valence-corrected chi connectivity index (χ0v) is 9.20. The van der Waals surface area contributed by atoms with Crippen molar-refractivity contribution in [3.63, 3.8) is 0 Å². The van der Waals surface area contributed by atoms with Gasteiger partial charge in [0.05, 0.1) is 0 Å². The lowest BCUT2D eigenvalue weighted by Crippen LogP contribution is -2.35. The van der Waals surface area contributed by atoms with E-state index in [0.717, 1.165) is 0 Å². The van der Waals surface area contributed by atoms with Crippen molar-refractivity contribution in [3.05, 3.63) is 12.7 Å². The summed E-state index contributed by atoms with van der Waals surface area (Å²) in [6.45, 7) is 15.0. The number of rotatable bonds is 3. The molecule has 0 fully saturated rings. The molecule has 0 amide bonds. The molecule has 0 aromatic heterocycles. The van der Waals surface area contributed by atoms with E-state index in [1.54, 1.807) is 0 Å². The van der Waals surface area contributed by atoms with Gasteiger partial charge < -0.3 is 0 Å². The molecule has 1 N–H and O–H groups in total. The van der Waals surface area contributed by atoms with Gasteiger partial charge in [-0.2, -0.15) is 0 Å². The van der Waals surface area contributed by atoms with Gasteiger partial charge >= 0.3 is 0 Å². The standard InChI is InChI=1S/C9H20NP/c1-7-8(9(2,3)4)10-11(5)6/h7-8,10H,1H2,2-6H3. The highest BCUT2D eigenvalue weighted by Crippen LogP contribution is 2.27. The Kier molecular flexibility index (Phi) is 4.28. The Bertz CT molecular complexity index is 124. The van der Waals surface area contributed by atoms with E-state index < -0.39 is 0 Å². The highest BCUT2D eigenvalue weighted by atomic mass is 31.1. The van der Waals surface area contributed by atoms with Crippen LogP contribution in [0, 0.1) is 5.41 Å². The number of nitrogens with one attached hydrogen (secondary N) is 1. The molecule has 0 aliphatic carbocycles. The maximum atomic E-state index is 3.83. The molecule has 2 heteroatoms. The third-order valence-electron chi connectivity index (χ3n) is 1.57. The van der Waals surface area contributed by atoms with E-state index in [2.05, 4.69) is 45.8 Å². The average molecular weight is 173 g/mol. The topological polar surface area (TPSA) is 12.0 Å². The molecule has 0 radical (unpaired) electrons. The molecule has 0 spiro atoms. The molecule has 1 unspecified atom stereocenters. The predicted molar refractivity (Wildman–Crippen MR) is 55.3 cm³/mol. The van der Waals surface area contributed by atoms with Crippen molar-refractivity contribution in [2.75, 3.05) is 13.3 Å². The van der Waals surface area contributed by atoms with Crippen LogP contribution in [0.15, 0.2) is 12.7 Å². The van der Waals surface area contributed by atoms with E-state index in [9.17, 15) is 0 Å². The van der Waals surface area contributed by atoms with Gasteiger partial charge in [-0.15, -0.1) is 6.58 Å². The predicted octanol–water partition coefficient (Wildman–Crippen LogP) is 2.83. The molecule has 66 valence electrons. The quantitative estimate of drug-likeness (QED) is 0.511. The SMILES string of the molecule is C=CC(NP(C)C)C(C)(C)C. The summed E-state index contributed by atoms with van der Waals surface area (Å²) in [5, 5.41) is 3.52. The van der Waals surface area contributed by atoms with E-state index in [0.29, 0.717) is 6.04 Å². The van der Waals surface area contributed by atoms with Crippen LogP contribution >= 0.6 is 8.07 Å². The second-order valence-corrected chi connectivity index (χ2v) is 6.15. The Balaban J connectivity index is 4.07. The van der Waals surface area contributed by atoms with Crippen molar-refractivity contribution in [2.45, 2.75) is 26.8 Å². The van der Waals surface area contributed by atoms with Gasteiger partial charge in [0.25, 0.3) is 0 Å². The highest BCUT2D eigenvalue weighted by molar-refractivity contribution is 7.53. The molecule has 0 saturated carbocycles. The van der Waals surface area contributed by atoms with E-state index in [4.69, 9.17) is 0 Å². The third kappa shape index (κ3) is 4.55. The van der Waals surface area contributed by atoms with Crippen LogP contribution < -0.4 is 5.09 Å². The lowest BCUT2D eigenvalue weighted by molar-refractivity contribution is 0.350. The summed E-state index contributed by atoms with van der Waals surface area (Å²) < 4.78 is 0. The van der Waals surface area contributed by atoms with Crippen LogP contribution in [0.3, 0.4) is 0 Å². The van der Waals surface area contributed by atoms with Crippen LogP contribution in [0.1, 0.15) is 20.8 Å². The normalized spacial score (nSPS) is 15.1. The zero-order chi connectivity index (χ0) is 9.07. The summed E-state index contributed by atoms with van der Waals surface area (Å²) in [5.74, 6) is 0. The Hall–Kier alpha value is 0.130. The Morgan fingerprint density at radius 3 is 1.91 bits per heavy atom. The van der Waals surface area contributed by atoms with Crippen molar-refractivity contribution < 1.29 is 0 Å². The van der Waals surface area contributed by atoms with Crippen LogP contribution in [0.4, 0.5) is 0 Å². The van der Waals surface area contributed by atoms with Gasteiger partial charge in [-0.25, -0.2) is 0 Å². The molecule has 0 aromatic carbocycles. The second kappa shape index (κ2) is 4.23. The van der Waals surface area contributed by atoms with Gasteiger partial charge in [0.15, 0.2) is 0 Å². The summed E-state index contributed by atoms with van der Waals surface area (Å²) in [6, 6.07) is 0.434. The van der Waals surface area contributed by atoms with Crippen molar-refractivity contribution in [3.8, 4) is 0 Å². The first kappa shape index (κ1) is 11.1. The molecule has 0 heterocycles. The molecule has 0 aliphatic heterocycles. The first-order valence-corrected chi connectivity index (χ1v) is 6.17. The minimum absolute atomic E-state index is 0.0312.